The highest BCUT2D eigenvalue weighted by Crippen LogP contribution is 2.20. The first kappa shape index (κ1) is 20.3. The van der Waals surface area contributed by atoms with Gasteiger partial charge >= 0.3 is 5.76 Å². The first-order valence-corrected chi connectivity index (χ1v) is 9.87. The van der Waals surface area contributed by atoms with Crippen LogP contribution in [0.5, 0.6) is 0 Å². The molecular formula is C19H15F2N3O4S. The second-order valence-electron chi connectivity index (χ2n) is 5.98. The molecule has 1 heterocycles. The van der Waals surface area contributed by atoms with Gasteiger partial charge in [-0.3, -0.25) is 9.59 Å². The summed E-state index contributed by atoms with van der Waals surface area (Å²) in [6, 6.07) is 15.9. The number of rotatable bonds is 6. The summed E-state index contributed by atoms with van der Waals surface area (Å²) in [6.45, 7) is 0.182. The van der Waals surface area contributed by atoms with E-state index >= 15 is 0 Å². The number of carbonyl (C=O) groups is 1. The van der Waals surface area contributed by atoms with Crippen LogP contribution in [-0.2, 0) is 16.4 Å². The normalized spacial score (nSPS) is 11.4. The molecule has 0 aliphatic heterocycles. The van der Waals surface area contributed by atoms with Crippen LogP contribution in [0.3, 0.4) is 0 Å². The number of alkyl halides is 2. The van der Waals surface area contributed by atoms with Crippen molar-refractivity contribution in [3.05, 3.63) is 88.3 Å². The number of amides is 1. The van der Waals surface area contributed by atoms with Crippen molar-refractivity contribution in [1.82, 2.24) is 9.78 Å². The zero-order valence-corrected chi connectivity index (χ0v) is 15.6. The maximum Gasteiger partial charge on any atom is 0.341 e. The predicted molar refractivity (Wildman–Crippen MR) is 102 cm³/mol. The van der Waals surface area contributed by atoms with E-state index < -0.39 is 26.4 Å². The lowest BCUT2D eigenvalue weighted by atomic mass is 10.2. The molecule has 0 saturated heterocycles. The van der Waals surface area contributed by atoms with Crippen molar-refractivity contribution in [1.29, 1.82) is 0 Å². The van der Waals surface area contributed by atoms with E-state index in [1.165, 1.54) is 24.3 Å². The summed E-state index contributed by atoms with van der Waals surface area (Å²) in [5.74, 6) is -4.17. The summed E-state index contributed by atoms with van der Waals surface area (Å²) in [5.41, 5.74) is 0.595. The lowest BCUT2D eigenvalue weighted by Gasteiger charge is -2.09. The van der Waals surface area contributed by atoms with Gasteiger partial charge in [-0.15, -0.1) is 0 Å². The number of benzene rings is 2. The van der Waals surface area contributed by atoms with E-state index in [-0.39, 0.29) is 23.5 Å². The van der Waals surface area contributed by atoms with Crippen LogP contribution in [0.4, 0.5) is 14.5 Å². The van der Waals surface area contributed by atoms with E-state index in [4.69, 9.17) is 0 Å². The van der Waals surface area contributed by atoms with Gasteiger partial charge in [-0.1, -0.05) is 30.3 Å². The highest BCUT2D eigenvalue weighted by Gasteiger charge is 2.26. The van der Waals surface area contributed by atoms with Crippen molar-refractivity contribution >= 4 is 21.4 Å². The maximum atomic E-state index is 12.6. The van der Waals surface area contributed by atoms with Crippen LogP contribution in [0, 0.1) is 0 Å². The average molecular weight is 419 g/mol. The molecule has 0 fully saturated rings. The molecule has 1 amide bonds. The summed E-state index contributed by atoms with van der Waals surface area (Å²) in [4.78, 5) is 23.8. The SMILES string of the molecule is O=C(Nc1ccc(S(=O)(=O)C(F)F)cc1)c1ccc(=O)n(Cc2ccccc2)n1. The molecule has 3 rings (SSSR count). The number of carbonyl (C=O) groups excluding carboxylic acids is 1. The number of nitrogens with one attached hydrogen (secondary N) is 1. The van der Waals surface area contributed by atoms with Crippen molar-refractivity contribution in [3.8, 4) is 0 Å². The molecule has 0 spiro atoms. The summed E-state index contributed by atoms with van der Waals surface area (Å²) in [6.07, 6.45) is 0. The molecule has 0 atom stereocenters. The number of aromatic nitrogens is 2. The molecule has 3 aromatic rings. The highest BCUT2D eigenvalue weighted by atomic mass is 32.2. The van der Waals surface area contributed by atoms with Crippen LogP contribution in [0.15, 0.2) is 76.4 Å². The standard InChI is InChI=1S/C19H15F2N3O4S/c20-19(21)29(27,28)15-8-6-14(7-9-15)22-18(26)16-10-11-17(25)24(23-16)12-13-4-2-1-3-5-13/h1-11,19H,12H2,(H,22,26). The number of anilines is 1. The monoisotopic (exact) mass is 419 g/mol. The topological polar surface area (TPSA) is 98.1 Å². The molecule has 7 nitrogen and oxygen atoms in total. The van der Waals surface area contributed by atoms with Crippen LogP contribution < -0.4 is 10.9 Å². The fourth-order valence-electron chi connectivity index (χ4n) is 2.47. The van der Waals surface area contributed by atoms with Crippen LogP contribution >= 0.6 is 0 Å². The van der Waals surface area contributed by atoms with Gasteiger partial charge in [0.2, 0.25) is 9.84 Å². The quantitative estimate of drug-likeness (QED) is 0.662. The molecule has 0 bridgehead atoms. The minimum Gasteiger partial charge on any atom is -0.321 e. The van der Waals surface area contributed by atoms with Gasteiger partial charge in [-0.2, -0.15) is 13.9 Å². The van der Waals surface area contributed by atoms with Crippen LogP contribution in [0.25, 0.3) is 0 Å². The van der Waals surface area contributed by atoms with Crippen molar-refractivity contribution in [2.24, 2.45) is 0 Å². The van der Waals surface area contributed by atoms with Crippen molar-refractivity contribution in [3.63, 3.8) is 0 Å². The summed E-state index contributed by atoms with van der Waals surface area (Å²) < 4.78 is 49.1. The van der Waals surface area contributed by atoms with E-state index in [2.05, 4.69) is 10.4 Å². The molecule has 0 unspecified atom stereocenters. The molecule has 1 aromatic heterocycles. The van der Waals surface area contributed by atoms with Gasteiger partial charge in [0.1, 0.15) is 5.69 Å². The number of hydrogen-bond acceptors (Lipinski definition) is 5. The van der Waals surface area contributed by atoms with E-state index in [1.807, 2.05) is 30.3 Å². The summed E-state index contributed by atoms with van der Waals surface area (Å²) in [7, 11) is -4.71. The van der Waals surface area contributed by atoms with E-state index in [1.54, 1.807) is 0 Å². The molecule has 0 radical (unpaired) electrons. The molecule has 1 N–H and O–H groups in total. The minimum atomic E-state index is -4.71. The molecule has 10 heteroatoms. The summed E-state index contributed by atoms with van der Waals surface area (Å²) in [5, 5.41) is 6.52. The van der Waals surface area contributed by atoms with Gasteiger partial charge in [0, 0.05) is 11.8 Å². The second kappa shape index (κ2) is 8.31. The van der Waals surface area contributed by atoms with Crippen LogP contribution in [-0.4, -0.2) is 29.9 Å². The minimum absolute atomic E-state index is 0.0372. The van der Waals surface area contributed by atoms with E-state index in [9.17, 15) is 26.8 Å². The van der Waals surface area contributed by atoms with Crippen molar-refractivity contribution in [2.45, 2.75) is 17.2 Å². The maximum absolute atomic E-state index is 12.6. The Balaban J connectivity index is 1.77. The summed E-state index contributed by atoms with van der Waals surface area (Å²) >= 11 is 0. The Bertz CT molecular complexity index is 1180. The van der Waals surface area contributed by atoms with Gasteiger partial charge in [-0.25, -0.2) is 13.1 Å². The first-order valence-electron chi connectivity index (χ1n) is 8.33. The zero-order chi connectivity index (χ0) is 21.0. The lowest BCUT2D eigenvalue weighted by molar-refractivity contribution is 0.102. The fourth-order valence-corrected chi connectivity index (χ4v) is 3.19. The van der Waals surface area contributed by atoms with Gasteiger partial charge in [0.05, 0.1) is 11.4 Å². The molecule has 2 aromatic carbocycles. The number of halogens is 2. The molecule has 0 aliphatic rings. The Kier molecular flexibility index (Phi) is 5.83. The molecule has 29 heavy (non-hydrogen) atoms. The van der Waals surface area contributed by atoms with Crippen LogP contribution in [0.2, 0.25) is 0 Å². The molecule has 0 aliphatic carbocycles. The molecule has 0 saturated carbocycles. The second-order valence-corrected chi connectivity index (χ2v) is 7.90. The Hall–Kier alpha value is -3.40. The Labute approximate surface area is 164 Å². The predicted octanol–water partition coefficient (Wildman–Crippen LogP) is 2.54. The van der Waals surface area contributed by atoms with Crippen LogP contribution in [0.1, 0.15) is 16.1 Å². The van der Waals surface area contributed by atoms with Gasteiger partial charge in [0.15, 0.2) is 0 Å². The van der Waals surface area contributed by atoms with Gasteiger partial charge < -0.3 is 5.32 Å². The third kappa shape index (κ3) is 4.72. The van der Waals surface area contributed by atoms with Crippen molar-refractivity contribution in [2.75, 3.05) is 5.32 Å². The van der Waals surface area contributed by atoms with E-state index in [0.29, 0.717) is 0 Å². The first-order chi connectivity index (χ1) is 13.8. The lowest BCUT2D eigenvalue weighted by Crippen LogP contribution is -2.26. The highest BCUT2D eigenvalue weighted by molar-refractivity contribution is 7.91. The third-order valence-electron chi connectivity index (χ3n) is 3.95. The largest absolute Gasteiger partial charge is 0.341 e. The van der Waals surface area contributed by atoms with Crippen molar-refractivity contribution < 1.29 is 22.0 Å². The van der Waals surface area contributed by atoms with Gasteiger partial charge in [0.25, 0.3) is 11.5 Å². The fraction of sp³-hybridized carbons (Fsp3) is 0.105. The molecular weight excluding hydrogens is 404 g/mol. The smallest absolute Gasteiger partial charge is 0.321 e. The zero-order valence-electron chi connectivity index (χ0n) is 14.8. The average Bonchev–Trinajstić information content (AvgIpc) is 2.70. The van der Waals surface area contributed by atoms with Gasteiger partial charge in [-0.05, 0) is 35.9 Å². The number of hydrogen-bond donors (Lipinski definition) is 1. The number of sulfone groups is 1. The third-order valence-corrected chi connectivity index (χ3v) is 5.35. The Morgan fingerprint density at radius 1 is 1.00 bits per heavy atom. The Morgan fingerprint density at radius 3 is 2.28 bits per heavy atom. The number of nitrogens with zero attached hydrogens (tertiary/aromatic N) is 2. The Morgan fingerprint density at radius 2 is 1.66 bits per heavy atom. The molecule has 150 valence electrons. The van der Waals surface area contributed by atoms with E-state index in [0.717, 1.165) is 22.4 Å².